The average molecular weight is 281 g/mol. The number of carbonyl (C=O) groups is 1. The Morgan fingerprint density at radius 3 is 2.85 bits per heavy atom. The molecule has 1 aromatic rings. The SMILES string of the molecule is CCOC(=O)c1ccc(CNCC2(O)CCCCC2)o1. The van der Waals surface area contributed by atoms with Gasteiger partial charge in [0.05, 0.1) is 18.8 Å². The Bertz CT molecular complexity index is 435. The van der Waals surface area contributed by atoms with Crippen molar-refractivity contribution >= 4 is 5.97 Å². The fraction of sp³-hybridized carbons (Fsp3) is 0.667. The number of rotatable bonds is 6. The van der Waals surface area contributed by atoms with E-state index >= 15 is 0 Å². The van der Waals surface area contributed by atoms with Crippen LogP contribution in [0.2, 0.25) is 0 Å². The summed E-state index contributed by atoms with van der Waals surface area (Å²) in [5, 5.41) is 13.5. The van der Waals surface area contributed by atoms with Gasteiger partial charge >= 0.3 is 5.97 Å². The number of nitrogens with one attached hydrogen (secondary N) is 1. The summed E-state index contributed by atoms with van der Waals surface area (Å²) in [5.41, 5.74) is -0.588. The van der Waals surface area contributed by atoms with E-state index in [0.29, 0.717) is 25.5 Å². The molecule has 0 bridgehead atoms. The Morgan fingerprint density at radius 2 is 2.15 bits per heavy atom. The first-order chi connectivity index (χ1) is 9.63. The maximum absolute atomic E-state index is 11.5. The lowest BCUT2D eigenvalue weighted by molar-refractivity contribution is 0.00431. The molecule has 1 saturated carbocycles. The predicted octanol–water partition coefficient (Wildman–Crippen LogP) is 2.24. The van der Waals surface area contributed by atoms with Crippen LogP contribution in [0.5, 0.6) is 0 Å². The second-order valence-electron chi connectivity index (χ2n) is 5.37. The predicted molar refractivity (Wildman–Crippen MR) is 74.4 cm³/mol. The van der Waals surface area contributed by atoms with Gasteiger partial charge in [0.25, 0.3) is 0 Å². The molecule has 0 atom stereocenters. The lowest BCUT2D eigenvalue weighted by Crippen LogP contribution is -2.41. The maximum Gasteiger partial charge on any atom is 0.374 e. The molecular formula is C15H23NO4. The summed E-state index contributed by atoms with van der Waals surface area (Å²) in [6.45, 7) is 3.15. The summed E-state index contributed by atoms with van der Waals surface area (Å²) in [7, 11) is 0. The first-order valence-electron chi connectivity index (χ1n) is 7.32. The minimum Gasteiger partial charge on any atom is -0.460 e. The van der Waals surface area contributed by atoms with Gasteiger partial charge in [-0.15, -0.1) is 0 Å². The van der Waals surface area contributed by atoms with Crippen LogP contribution in [0, 0.1) is 0 Å². The molecule has 1 fully saturated rings. The summed E-state index contributed by atoms with van der Waals surface area (Å²) < 4.78 is 10.3. The van der Waals surface area contributed by atoms with E-state index in [9.17, 15) is 9.90 Å². The number of carbonyl (C=O) groups excluding carboxylic acids is 1. The first-order valence-corrected chi connectivity index (χ1v) is 7.32. The molecule has 0 spiro atoms. The van der Waals surface area contributed by atoms with Crippen molar-refractivity contribution in [3.05, 3.63) is 23.7 Å². The molecule has 2 rings (SSSR count). The normalized spacial score (nSPS) is 17.9. The third-order valence-corrected chi connectivity index (χ3v) is 3.68. The molecule has 0 amide bonds. The lowest BCUT2D eigenvalue weighted by atomic mass is 9.85. The van der Waals surface area contributed by atoms with Gasteiger partial charge < -0.3 is 19.6 Å². The lowest BCUT2D eigenvalue weighted by Gasteiger charge is -2.32. The van der Waals surface area contributed by atoms with E-state index in [2.05, 4.69) is 5.32 Å². The van der Waals surface area contributed by atoms with E-state index < -0.39 is 11.6 Å². The van der Waals surface area contributed by atoms with Crippen molar-refractivity contribution in [1.29, 1.82) is 0 Å². The second kappa shape index (κ2) is 6.90. The van der Waals surface area contributed by atoms with Crippen molar-refractivity contribution in [2.24, 2.45) is 0 Å². The van der Waals surface area contributed by atoms with Crippen LogP contribution in [0.1, 0.15) is 55.3 Å². The number of hydrogen-bond donors (Lipinski definition) is 2. The molecule has 1 aromatic heterocycles. The van der Waals surface area contributed by atoms with Crippen molar-refractivity contribution in [1.82, 2.24) is 5.32 Å². The zero-order chi connectivity index (χ0) is 14.4. The molecule has 0 aliphatic heterocycles. The molecular weight excluding hydrogens is 258 g/mol. The van der Waals surface area contributed by atoms with Crippen LogP contribution in [0.15, 0.2) is 16.5 Å². The third kappa shape index (κ3) is 4.08. The monoisotopic (exact) mass is 281 g/mol. The molecule has 2 N–H and O–H groups in total. The smallest absolute Gasteiger partial charge is 0.374 e. The molecule has 0 unspecified atom stereocenters. The molecule has 1 aliphatic rings. The number of ether oxygens (including phenoxy) is 1. The minimum atomic E-state index is -0.588. The van der Waals surface area contributed by atoms with Crippen molar-refractivity contribution in [2.75, 3.05) is 13.2 Å². The van der Waals surface area contributed by atoms with Crippen molar-refractivity contribution in [3.63, 3.8) is 0 Å². The highest BCUT2D eigenvalue weighted by Gasteiger charge is 2.28. The third-order valence-electron chi connectivity index (χ3n) is 3.68. The van der Waals surface area contributed by atoms with Gasteiger partial charge in [0.15, 0.2) is 0 Å². The summed E-state index contributed by atoms with van der Waals surface area (Å²) in [6.07, 6.45) is 5.10. The highest BCUT2D eigenvalue weighted by atomic mass is 16.5. The highest BCUT2D eigenvalue weighted by Crippen LogP contribution is 2.27. The van der Waals surface area contributed by atoms with Gasteiger partial charge in [-0.2, -0.15) is 0 Å². The van der Waals surface area contributed by atoms with Gasteiger partial charge in [-0.25, -0.2) is 4.79 Å². The van der Waals surface area contributed by atoms with Crippen LogP contribution in [-0.2, 0) is 11.3 Å². The first kappa shape index (κ1) is 15.1. The highest BCUT2D eigenvalue weighted by molar-refractivity contribution is 5.86. The quantitative estimate of drug-likeness (QED) is 0.782. The Labute approximate surface area is 119 Å². The topological polar surface area (TPSA) is 71.7 Å². The minimum absolute atomic E-state index is 0.222. The number of aliphatic hydroxyl groups is 1. The Hall–Kier alpha value is -1.33. The molecule has 1 aliphatic carbocycles. The van der Waals surface area contributed by atoms with E-state index in [1.165, 1.54) is 6.42 Å². The standard InChI is InChI=1S/C15H23NO4/c1-2-19-14(17)13-7-6-12(20-13)10-16-11-15(18)8-4-3-5-9-15/h6-7,16,18H,2-5,8-11H2,1H3. The summed E-state index contributed by atoms with van der Waals surface area (Å²) in [4.78, 5) is 11.5. The molecule has 112 valence electrons. The molecule has 20 heavy (non-hydrogen) atoms. The molecule has 5 nitrogen and oxygen atoms in total. The summed E-state index contributed by atoms with van der Waals surface area (Å²) in [5.74, 6) is 0.456. The zero-order valence-electron chi connectivity index (χ0n) is 12.0. The zero-order valence-corrected chi connectivity index (χ0v) is 12.0. The maximum atomic E-state index is 11.5. The van der Waals surface area contributed by atoms with Crippen LogP contribution in [-0.4, -0.2) is 29.8 Å². The number of esters is 1. The van der Waals surface area contributed by atoms with E-state index in [-0.39, 0.29) is 5.76 Å². The van der Waals surface area contributed by atoms with Gasteiger partial charge in [0.1, 0.15) is 5.76 Å². The van der Waals surface area contributed by atoms with Crippen LogP contribution in [0.3, 0.4) is 0 Å². The number of hydrogen-bond acceptors (Lipinski definition) is 5. The van der Waals surface area contributed by atoms with Crippen LogP contribution in [0.4, 0.5) is 0 Å². The fourth-order valence-electron chi connectivity index (χ4n) is 2.59. The molecule has 5 heteroatoms. The van der Waals surface area contributed by atoms with E-state index in [1.54, 1.807) is 19.1 Å². The fourth-order valence-corrected chi connectivity index (χ4v) is 2.59. The van der Waals surface area contributed by atoms with Gasteiger partial charge in [-0.05, 0) is 31.9 Å². The molecule has 1 heterocycles. The van der Waals surface area contributed by atoms with Crippen LogP contribution >= 0.6 is 0 Å². The van der Waals surface area contributed by atoms with E-state index in [1.807, 2.05) is 0 Å². The van der Waals surface area contributed by atoms with Gasteiger partial charge in [-0.3, -0.25) is 0 Å². The van der Waals surface area contributed by atoms with Gasteiger partial charge in [-0.1, -0.05) is 19.3 Å². The van der Waals surface area contributed by atoms with Crippen molar-refractivity contribution in [3.8, 4) is 0 Å². The summed E-state index contributed by atoms with van der Waals surface area (Å²) in [6, 6.07) is 3.37. The van der Waals surface area contributed by atoms with E-state index in [4.69, 9.17) is 9.15 Å². The van der Waals surface area contributed by atoms with Crippen molar-refractivity contribution < 1.29 is 19.1 Å². The van der Waals surface area contributed by atoms with Crippen LogP contribution in [0.25, 0.3) is 0 Å². The van der Waals surface area contributed by atoms with Crippen molar-refractivity contribution in [2.45, 2.75) is 51.2 Å². The average Bonchev–Trinajstić information content (AvgIpc) is 2.88. The van der Waals surface area contributed by atoms with Gasteiger partial charge in [0.2, 0.25) is 5.76 Å². The Balaban J connectivity index is 1.78. The van der Waals surface area contributed by atoms with Crippen LogP contribution < -0.4 is 5.32 Å². The number of furan rings is 1. The molecule has 0 saturated heterocycles. The largest absolute Gasteiger partial charge is 0.460 e. The summed E-state index contributed by atoms with van der Waals surface area (Å²) >= 11 is 0. The second-order valence-corrected chi connectivity index (χ2v) is 5.37. The van der Waals surface area contributed by atoms with E-state index in [0.717, 1.165) is 25.7 Å². The Morgan fingerprint density at radius 1 is 1.40 bits per heavy atom. The van der Waals surface area contributed by atoms with Gasteiger partial charge in [0, 0.05) is 6.54 Å². The molecule has 0 radical (unpaired) electrons. The Kier molecular flexibility index (Phi) is 5.20. The molecule has 0 aromatic carbocycles.